The Labute approximate surface area is 158 Å². The van der Waals surface area contributed by atoms with Gasteiger partial charge in [-0.2, -0.15) is 0 Å². The third-order valence-electron chi connectivity index (χ3n) is 3.56. The number of carbonyl (C=O) groups is 2. The van der Waals surface area contributed by atoms with E-state index in [1.54, 1.807) is 19.1 Å². The van der Waals surface area contributed by atoms with Crippen LogP contribution in [0.4, 0.5) is 0 Å². The first-order valence-electron chi connectivity index (χ1n) is 8.77. The van der Waals surface area contributed by atoms with Crippen molar-refractivity contribution in [3.05, 3.63) is 53.5 Å². The van der Waals surface area contributed by atoms with E-state index >= 15 is 0 Å². The van der Waals surface area contributed by atoms with Crippen molar-refractivity contribution in [2.45, 2.75) is 27.2 Å². The number of amides is 2. The first kappa shape index (κ1) is 20.1. The Kier molecular flexibility index (Phi) is 7.49. The van der Waals surface area contributed by atoms with Gasteiger partial charge in [0.05, 0.1) is 25.0 Å². The van der Waals surface area contributed by atoms with Crippen molar-refractivity contribution >= 4 is 17.9 Å². The van der Waals surface area contributed by atoms with Crippen molar-refractivity contribution < 1.29 is 23.5 Å². The zero-order chi connectivity index (χ0) is 19.6. The Morgan fingerprint density at radius 2 is 1.93 bits per heavy atom. The van der Waals surface area contributed by atoms with E-state index in [-0.39, 0.29) is 0 Å². The van der Waals surface area contributed by atoms with E-state index in [0.717, 1.165) is 12.0 Å². The van der Waals surface area contributed by atoms with Crippen LogP contribution in [0.2, 0.25) is 0 Å². The molecule has 1 heterocycles. The Bertz CT molecular complexity index is 810. The zero-order valence-corrected chi connectivity index (χ0v) is 15.7. The van der Waals surface area contributed by atoms with Crippen LogP contribution < -0.4 is 20.3 Å². The lowest BCUT2D eigenvalue weighted by Gasteiger charge is -2.12. The SMILES string of the molecule is CCCOc1ccc(/C=C/C(=O)NNC(=O)c2ccoc2C)cc1OCC. The maximum absolute atomic E-state index is 11.9. The number of carbonyl (C=O) groups excluding carboxylic acids is 2. The molecule has 0 radical (unpaired) electrons. The van der Waals surface area contributed by atoms with Crippen molar-refractivity contribution in [1.82, 2.24) is 10.9 Å². The van der Waals surface area contributed by atoms with Gasteiger partial charge in [0.15, 0.2) is 11.5 Å². The van der Waals surface area contributed by atoms with Gasteiger partial charge >= 0.3 is 0 Å². The molecule has 144 valence electrons. The fourth-order valence-corrected chi connectivity index (χ4v) is 2.25. The predicted octanol–water partition coefficient (Wildman–Crippen LogP) is 3.25. The molecule has 0 unspecified atom stereocenters. The Balaban J connectivity index is 1.95. The lowest BCUT2D eigenvalue weighted by atomic mass is 10.2. The molecule has 7 nitrogen and oxygen atoms in total. The van der Waals surface area contributed by atoms with E-state index in [0.29, 0.717) is 36.0 Å². The number of benzene rings is 1. The topological polar surface area (TPSA) is 89.8 Å². The van der Waals surface area contributed by atoms with Crippen LogP contribution in [0.15, 0.2) is 41.0 Å². The summed E-state index contributed by atoms with van der Waals surface area (Å²) >= 11 is 0. The largest absolute Gasteiger partial charge is 0.490 e. The molecule has 0 aliphatic carbocycles. The summed E-state index contributed by atoms with van der Waals surface area (Å²) in [5, 5.41) is 0. The minimum absolute atomic E-state index is 0.364. The molecule has 0 aliphatic rings. The minimum Gasteiger partial charge on any atom is -0.490 e. The van der Waals surface area contributed by atoms with E-state index in [9.17, 15) is 9.59 Å². The Morgan fingerprint density at radius 1 is 1.11 bits per heavy atom. The molecule has 0 spiro atoms. The van der Waals surface area contributed by atoms with Gasteiger partial charge < -0.3 is 13.9 Å². The number of hydrogen-bond acceptors (Lipinski definition) is 5. The summed E-state index contributed by atoms with van der Waals surface area (Å²) in [5.74, 6) is 0.860. The van der Waals surface area contributed by atoms with Gasteiger partial charge in [0, 0.05) is 6.08 Å². The minimum atomic E-state index is -0.464. The van der Waals surface area contributed by atoms with Crippen LogP contribution in [0.1, 0.15) is 41.9 Å². The fourth-order valence-electron chi connectivity index (χ4n) is 2.25. The molecule has 1 aromatic heterocycles. The highest BCUT2D eigenvalue weighted by Gasteiger charge is 2.11. The molecule has 2 aromatic rings. The number of nitrogens with one attached hydrogen (secondary N) is 2. The van der Waals surface area contributed by atoms with Crippen LogP contribution in [0.3, 0.4) is 0 Å². The molecule has 0 bridgehead atoms. The van der Waals surface area contributed by atoms with Crippen molar-refractivity contribution in [2.75, 3.05) is 13.2 Å². The molecular weight excluding hydrogens is 348 g/mol. The third kappa shape index (κ3) is 5.91. The molecule has 7 heteroatoms. The second-order valence-corrected chi connectivity index (χ2v) is 5.65. The number of aryl methyl sites for hydroxylation is 1. The van der Waals surface area contributed by atoms with Crippen LogP contribution in [-0.4, -0.2) is 25.0 Å². The fraction of sp³-hybridized carbons (Fsp3) is 0.300. The second kappa shape index (κ2) is 10.1. The normalized spacial score (nSPS) is 10.6. The number of furan rings is 1. The summed E-state index contributed by atoms with van der Waals surface area (Å²) in [6.45, 7) is 6.70. The summed E-state index contributed by atoms with van der Waals surface area (Å²) in [7, 11) is 0. The van der Waals surface area contributed by atoms with Gasteiger partial charge in [0.25, 0.3) is 11.8 Å². The second-order valence-electron chi connectivity index (χ2n) is 5.65. The van der Waals surface area contributed by atoms with E-state index in [2.05, 4.69) is 10.9 Å². The molecule has 0 fully saturated rings. The number of ether oxygens (including phenoxy) is 2. The Morgan fingerprint density at radius 3 is 2.59 bits per heavy atom. The lowest BCUT2D eigenvalue weighted by molar-refractivity contribution is -0.117. The Hall–Kier alpha value is -3.22. The van der Waals surface area contributed by atoms with Crippen LogP contribution in [-0.2, 0) is 4.79 Å². The molecule has 2 N–H and O–H groups in total. The third-order valence-corrected chi connectivity index (χ3v) is 3.56. The van der Waals surface area contributed by atoms with E-state index in [1.807, 2.05) is 26.0 Å². The average Bonchev–Trinajstić information content (AvgIpc) is 3.10. The van der Waals surface area contributed by atoms with Gasteiger partial charge in [-0.25, -0.2) is 0 Å². The number of hydrazine groups is 1. The molecule has 0 atom stereocenters. The molecule has 2 amide bonds. The zero-order valence-electron chi connectivity index (χ0n) is 15.7. The predicted molar refractivity (Wildman–Crippen MR) is 101 cm³/mol. The lowest BCUT2D eigenvalue weighted by Crippen LogP contribution is -2.40. The summed E-state index contributed by atoms with van der Waals surface area (Å²) in [5.41, 5.74) is 5.79. The highest BCUT2D eigenvalue weighted by Crippen LogP contribution is 2.29. The van der Waals surface area contributed by atoms with Crippen LogP contribution in [0, 0.1) is 6.92 Å². The van der Waals surface area contributed by atoms with Gasteiger partial charge in [0.2, 0.25) is 0 Å². The van der Waals surface area contributed by atoms with Gasteiger partial charge in [0.1, 0.15) is 5.76 Å². The van der Waals surface area contributed by atoms with Gasteiger partial charge in [-0.15, -0.1) is 0 Å². The highest BCUT2D eigenvalue weighted by atomic mass is 16.5. The molecule has 1 aromatic carbocycles. The van der Waals surface area contributed by atoms with Crippen molar-refractivity contribution in [3.63, 3.8) is 0 Å². The smallest absolute Gasteiger partial charge is 0.273 e. The van der Waals surface area contributed by atoms with Gasteiger partial charge in [-0.05, 0) is 50.1 Å². The van der Waals surface area contributed by atoms with Crippen LogP contribution in [0.25, 0.3) is 6.08 Å². The average molecular weight is 372 g/mol. The van der Waals surface area contributed by atoms with Crippen molar-refractivity contribution in [3.8, 4) is 11.5 Å². The van der Waals surface area contributed by atoms with Crippen molar-refractivity contribution in [1.29, 1.82) is 0 Å². The van der Waals surface area contributed by atoms with Crippen molar-refractivity contribution in [2.24, 2.45) is 0 Å². The molecular formula is C20H24N2O5. The van der Waals surface area contributed by atoms with E-state index in [4.69, 9.17) is 13.9 Å². The summed E-state index contributed by atoms with van der Waals surface area (Å²) in [6, 6.07) is 6.96. The van der Waals surface area contributed by atoms with E-state index in [1.165, 1.54) is 18.4 Å². The standard InChI is InChI=1S/C20H24N2O5/c1-4-11-27-17-8-6-15(13-18(17)25-5-2)7-9-19(23)21-22-20(24)16-10-12-26-14(16)3/h6-10,12-13H,4-5,11H2,1-3H3,(H,21,23)(H,22,24)/b9-7+. The number of rotatable bonds is 8. The van der Waals surface area contributed by atoms with Crippen LogP contribution in [0.5, 0.6) is 11.5 Å². The van der Waals surface area contributed by atoms with Gasteiger partial charge in [-0.3, -0.25) is 20.4 Å². The summed E-state index contributed by atoms with van der Waals surface area (Å²) in [6.07, 6.45) is 5.25. The number of hydrogen-bond donors (Lipinski definition) is 2. The molecule has 0 aliphatic heterocycles. The molecule has 27 heavy (non-hydrogen) atoms. The first-order chi connectivity index (χ1) is 13.0. The maximum atomic E-state index is 11.9. The van der Waals surface area contributed by atoms with Gasteiger partial charge in [-0.1, -0.05) is 13.0 Å². The quantitative estimate of drug-likeness (QED) is 0.548. The summed E-state index contributed by atoms with van der Waals surface area (Å²) in [4.78, 5) is 23.8. The highest BCUT2D eigenvalue weighted by molar-refractivity contribution is 5.98. The monoisotopic (exact) mass is 372 g/mol. The maximum Gasteiger partial charge on any atom is 0.273 e. The first-order valence-corrected chi connectivity index (χ1v) is 8.77. The molecule has 2 rings (SSSR count). The van der Waals surface area contributed by atoms with E-state index < -0.39 is 11.8 Å². The molecule has 0 saturated heterocycles. The molecule has 0 saturated carbocycles. The van der Waals surface area contributed by atoms with Crippen LogP contribution >= 0.6 is 0 Å². The summed E-state index contributed by atoms with van der Waals surface area (Å²) < 4.78 is 16.3.